The largest absolute Gasteiger partial charge is 0.378 e. The van der Waals surface area contributed by atoms with Crippen LogP contribution in [0.25, 0.3) is 11.3 Å². The van der Waals surface area contributed by atoms with Gasteiger partial charge >= 0.3 is 6.03 Å². The SMILES string of the molecule is Cc1cc(-c2ccc3c(n2)N(C(=O)NCCc2cccnc2)[C@H]2CCN3C2)ccn1.Cc1cc2c(cn1)N[C@H]1CCN2C1.NCCc1cccnc1.S.S. The van der Waals surface area contributed by atoms with Gasteiger partial charge in [-0.15, -0.1) is 0 Å². The molecule has 4 N–H and O–H groups in total. The minimum Gasteiger partial charge on any atom is -0.378 e. The molecule has 14 heteroatoms. The minimum absolute atomic E-state index is 0. The van der Waals surface area contributed by atoms with Crippen molar-refractivity contribution < 1.29 is 4.79 Å². The molecule has 9 heterocycles. The van der Waals surface area contributed by atoms with Crippen molar-refractivity contribution in [2.75, 3.05) is 59.3 Å². The van der Waals surface area contributed by atoms with Crippen molar-refractivity contribution in [3.8, 4) is 11.3 Å². The molecule has 4 aliphatic rings. The second-order valence-corrected chi connectivity index (χ2v) is 13.6. The lowest BCUT2D eigenvalue weighted by atomic mass is 10.1. The second kappa shape index (κ2) is 18.9. The number of urea groups is 1. The molecule has 0 spiro atoms. The number of hydrogen-bond donors (Lipinski definition) is 3. The van der Waals surface area contributed by atoms with Crippen LogP contribution >= 0.6 is 27.0 Å². The summed E-state index contributed by atoms with van der Waals surface area (Å²) in [5.74, 6) is 0.745. The molecule has 4 bridgehead atoms. The van der Waals surface area contributed by atoms with E-state index in [-0.39, 0.29) is 39.1 Å². The molecule has 2 amide bonds. The van der Waals surface area contributed by atoms with E-state index in [4.69, 9.17) is 10.7 Å². The van der Waals surface area contributed by atoms with Crippen LogP contribution in [0.4, 0.5) is 27.7 Å². The van der Waals surface area contributed by atoms with E-state index in [1.54, 1.807) is 18.6 Å². The first-order valence-electron chi connectivity index (χ1n) is 18.2. The van der Waals surface area contributed by atoms with Gasteiger partial charge in [0.05, 0.1) is 35.0 Å². The third kappa shape index (κ3) is 9.59. The molecule has 5 aromatic rings. The maximum Gasteiger partial charge on any atom is 0.323 e. The number of carbonyl (C=O) groups is 1. The molecule has 0 radical (unpaired) electrons. The number of nitrogens with one attached hydrogen (secondary N) is 2. The van der Waals surface area contributed by atoms with Gasteiger partial charge in [0, 0.05) is 86.7 Å². The summed E-state index contributed by atoms with van der Waals surface area (Å²) in [5.41, 5.74) is 15.1. The molecule has 12 nitrogen and oxygen atoms in total. The third-order valence-corrected chi connectivity index (χ3v) is 9.84. The Hall–Kier alpha value is -4.92. The standard InChI is InChI=1S/C23H24N6O.C10H13N3.C7H10N2.2H2S/c1-16-13-18(7-11-25-16)20-4-5-21-22(27-20)29(19-8-12-28(21)15-19)23(30)26-10-6-17-3-2-9-24-14-17;1-7-4-10-9(5-11-7)12-8-2-3-13(10)6-8;8-4-3-7-2-1-5-9-6-7;;/h2-5,7,9,11,13-14,19H,6,8,10,12,15H2,1H3,(H,26,30);4-5,8,12H,2-3,6H2,1H3;1-2,5-6H,3-4,8H2;2*1H2/t19-;8-;;;/m00.../s1. The van der Waals surface area contributed by atoms with Crippen LogP contribution in [-0.2, 0) is 12.8 Å². The lowest BCUT2D eigenvalue weighted by Crippen LogP contribution is -2.51. The molecule has 2 fully saturated rings. The summed E-state index contributed by atoms with van der Waals surface area (Å²) in [4.78, 5) is 41.4. The highest BCUT2D eigenvalue weighted by Crippen LogP contribution is 2.40. The summed E-state index contributed by atoms with van der Waals surface area (Å²) < 4.78 is 0. The maximum absolute atomic E-state index is 13.2. The Bertz CT molecular complexity index is 1970. The molecular weight excluding hydrogens is 715 g/mol. The summed E-state index contributed by atoms with van der Waals surface area (Å²) in [6.07, 6.45) is 14.8. The van der Waals surface area contributed by atoms with E-state index in [9.17, 15) is 4.79 Å². The molecular formula is C40H51N11OS2. The fourth-order valence-corrected chi connectivity index (χ4v) is 7.23. The first kappa shape index (κ1) is 40.3. The normalized spacial score (nSPS) is 16.8. The summed E-state index contributed by atoms with van der Waals surface area (Å²) in [7, 11) is 0. The summed E-state index contributed by atoms with van der Waals surface area (Å²) in [6.45, 7) is 9.44. The van der Waals surface area contributed by atoms with Crippen LogP contribution in [0, 0.1) is 13.8 Å². The first-order chi connectivity index (χ1) is 25.4. The van der Waals surface area contributed by atoms with Gasteiger partial charge in [-0.05, 0) is 99.7 Å². The van der Waals surface area contributed by atoms with Crippen LogP contribution in [0.2, 0.25) is 0 Å². The number of hydrogen-bond acceptors (Lipinski definition) is 10. The van der Waals surface area contributed by atoms with E-state index in [1.807, 2.05) is 79.8 Å². The van der Waals surface area contributed by atoms with E-state index in [0.29, 0.717) is 19.1 Å². The molecule has 0 unspecified atom stereocenters. The zero-order valence-electron chi connectivity index (χ0n) is 30.9. The van der Waals surface area contributed by atoms with Crippen molar-refractivity contribution in [2.24, 2.45) is 5.73 Å². The maximum atomic E-state index is 13.2. The van der Waals surface area contributed by atoms with Gasteiger partial charge in [-0.25, -0.2) is 9.78 Å². The Balaban J connectivity index is 0.000000192. The van der Waals surface area contributed by atoms with Crippen molar-refractivity contribution in [3.05, 3.63) is 114 Å². The average molecular weight is 766 g/mol. The zero-order chi connectivity index (χ0) is 35.9. The summed E-state index contributed by atoms with van der Waals surface area (Å²) >= 11 is 0. The highest BCUT2D eigenvalue weighted by molar-refractivity contribution is 7.59. The quantitative estimate of drug-likeness (QED) is 0.206. The fraction of sp³-hybridized carbons (Fsp3) is 0.350. The predicted molar refractivity (Wildman–Crippen MR) is 228 cm³/mol. The lowest BCUT2D eigenvalue weighted by molar-refractivity contribution is 0.244. The molecule has 2 saturated heterocycles. The topological polar surface area (TPSA) is 141 Å². The number of nitrogens with two attached hydrogens (primary N) is 1. The number of pyridine rings is 5. The van der Waals surface area contributed by atoms with E-state index in [0.717, 1.165) is 78.6 Å². The van der Waals surface area contributed by atoms with Gasteiger partial charge < -0.3 is 26.2 Å². The molecule has 5 aromatic heterocycles. The minimum atomic E-state index is -0.0813. The van der Waals surface area contributed by atoms with Crippen LogP contribution in [-0.4, -0.2) is 82.3 Å². The molecule has 0 saturated carbocycles. The smallest absolute Gasteiger partial charge is 0.323 e. The van der Waals surface area contributed by atoms with Crippen molar-refractivity contribution in [1.29, 1.82) is 0 Å². The van der Waals surface area contributed by atoms with Gasteiger partial charge in [-0.3, -0.25) is 24.8 Å². The van der Waals surface area contributed by atoms with Crippen LogP contribution in [0.3, 0.4) is 0 Å². The average Bonchev–Trinajstić information content (AvgIpc) is 3.78. The number of aryl methyl sites for hydroxylation is 2. The third-order valence-electron chi connectivity index (χ3n) is 9.84. The van der Waals surface area contributed by atoms with E-state index < -0.39 is 0 Å². The molecule has 54 heavy (non-hydrogen) atoms. The van der Waals surface area contributed by atoms with Crippen LogP contribution < -0.4 is 31.1 Å². The van der Waals surface area contributed by atoms with Crippen molar-refractivity contribution in [1.82, 2.24) is 30.2 Å². The number of nitrogens with zero attached hydrogens (tertiary/aromatic N) is 8. The Labute approximate surface area is 331 Å². The van der Waals surface area contributed by atoms with Crippen molar-refractivity contribution in [2.45, 2.75) is 51.6 Å². The van der Waals surface area contributed by atoms with Gasteiger partial charge in [0.25, 0.3) is 0 Å². The van der Waals surface area contributed by atoms with Gasteiger partial charge in [0.2, 0.25) is 0 Å². The predicted octanol–water partition coefficient (Wildman–Crippen LogP) is 5.40. The highest BCUT2D eigenvalue weighted by atomic mass is 32.1. The van der Waals surface area contributed by atoms with Crippen LogP contribution in [0.15, 0.2) is 91.8 Å². The Morgan fingerprint density at radius 2 is 1.56 bits per heavy atom. The van der Waals surface area contributed by atoms with E-state index in [1.165, 1.54) is 29.9 Å². The summed E-state index contributed by atoms with van der Waals surface area (Å²) in [5, 5.41) is 6.59. The van der Waals surface area contributed by atoms with E-state index in [2.05, 4.69) is 52.5 Å². The monoisotopic (exact) mass is 765 g/mol. The molecule has 0 aliphatic carbocycles. The number of aromatic nitrogens is 5. The second-order valence-electron chi connectivity index (χ2n) is 13.6. The number of fused-ring (bicyclic) bond motifs is 8. The molecule has 2 atom stereocenters. The van der Waals surface area contributed by atoms with Gasteiger partial charge in [-0.2, -0.15) is 27.0 Å². The van der Waals surface area contributed by atoms with Crippen LogP contribution in [0.1, 0.15) is 35.4 Å². The number of anilines is 4. The molecule has 4 aliphatic heterocycles. The Kier molecular flexibility index (Phi) is 14.1. The lowest BCUT2D eigenvalue weighted by Gasteiger charge is -2.36. The number of carbonyl (C=O) groups excluding carboxylic acids is 1. The summed E-state index contributed by atoms with van der Waals surface area (Å²) in [6, 6.07) is 18.9. The molecule has 284 valence electrons. The Morgan fingerprint density at radius 1 is 0.833 bits per heavy atom. The van der Waals surface area contributed by atoms with Crippen molar-refractivity contribution in [3.63, 3.8) is 0 Å². The van der Waals surface area contributed by atoms with E-state index >= 15 is 0 Å². The van der Waals surface area contributed by atoms with Crippen molar-refractivity contribution >= 4 is 55.9 Å². The van der Waals surface area contributed by atoms with Gasteiger partial charge in [0.15, 0.2) is 5.82 Å². The highest BCUT2D eigenvalue weighted by Gasteiger charge is 2.40. The number of amides is 2. The first-order valence-corrected chi connectivity index (χ1v) is 18.2. The molecule has 9 rings (SSSR count). The zero-order valence-corrected chi connectivity index (χ0v) is 32.9. The van der Waals surface area contributed by atoms with Gasteiger partial charge in [0.1, 0.15) is 0 Å². The van der Waals surface area contributed by atoms with Gasteiger partial charge in [-0.1, -0.05) is 12.1 Å². The molecule has 0 aromatic carbocycles. The number of rotatable bonds is 6. The Morgan fingerprint density at radius 3 is 2.28 bits per heavy atom. The van der Waals surface area contributed by atoms with Crippen LogP contribution in [0.5, 0.6) is 0 Å². The fourth-order valence-electron chi connectivity index (χ4n) is 7.23.